The molecule has 3 N–H and O–H groups in total. The minimum atomic E-state index is -0.449. The van der Waals surface area contributed by atoms with Gasteiger partial charge in [0.05, 0.1) is 24.6 Å². The maximum Gasteiger partial charge on any atom is 0.261 e. The third-order valence-corrected chi connectivity index (χ3v) is 4.54. The summed E-state index contributed by atoms with van der Waals surface area (Å²) in [6.45, 7) is 6.13. The average Bonchev–Trinajstić information content (AvgIpc) is 2.78. The summed E-state index contributed by atoms with van der Waals surface area (Å²) >= 11 is 1.38. The van der Waals surface area contributed by atoms with Gasteiger partial charge in [-0.2, -0.15) is 0 Å². The lowest BCUT2D eigenvalue weighted by Crippen LogP contribution is -2.37. The zero-order valence-electron chi connectivity index (χ0n) is 12.4. The Morgan fingerprint density at radius 1 is 1.38 bits per heavy atom. The Hall–Kier alpha value is -1.60. The number of carbonyl (C=O) groups excluding carboxylic acids is 2. The molecule has 0 aliphatic carbocycles. The van der Waals surface area contributed by atoms with Gasteiger partial charge in [-0.1, -0.05) is 13.3 Å². The minimum absolute atomic E-state index is 0.143. The van der Waals surface area contributed by atoms with E-state index in [-0.39, 0.29) is 5.91 Å². The van der Waals surface area contributed by atoms with E-state index < -0.39 is 5.91 Å². The molecule has 2 amide bonds. The molecule has 0 atom stereocenters. The number of thiophene rings is 1. The van der Waals surface area contributed by atoms with Crippen LogP contribution in [0.25, 0.3) is 0 Å². The predicted molar refractivity (Wildman–Crippen MR) is 84.2 cm³/mol. The number of aryl methyl sites for hydroxylation is 1. The van der Waals surface area contributed by atoms with Gasteiger partial charge in [0.2, 0.25) is 5.91 Å². The number of rotatable bonds is 5. The van der Waals surface area contributed by atoms with Crippen LogP contribution in [0.4, 0.5) is 11.4 Å². The van der Waals surface area contributed by atoms with Crippen molar-refractivity contribution >= 4 is 34.5 Å². The fourth-order valence-electron chi connectivity index (χ4n) is 2.43. The number of ether oxygens (including phenoxy) is 1. The van der Waals surface area contributed by atoms with Gasteiger partial charge < -0.3 is 20.7 Å². The monoisotopic (exact) mass is 311 g/mol. The summed E-state index contributed by atoms with van der Waals surface area (Å²) in [6.07, 6.45) is 1.75. The highest BCUT2D eigenvalue weighted by molar-refractivity contribution is 7.15. The highest BCUT2D eigenvalue weighted by atomic mass is 32.1. The van der Waals surface area contributed by atoms with Crippen molar-refractivity contribution in [2.24, 2.45) is 5.73 Å². The SMILES string of the molecule is CCCc1sc(C(N)=O)c(N2CCOCC2)c1NC(C)=O. The largest absolute Gasteiger partial charge is 0.378 e. The first kappa shape index (κ1) is 15.8. The molecule has 1 aliphatic heterocycles. The first-order valence-electron chi connectivity index (χ1n) is 7.10. The first-order chi connectivity index (χ1) is 10.0. The van der Waals surface area contributed by atoms with Crippen LogP contribution in [0.2, 0.25) is 0 Å². The van der Waals surface area contributed by atoms with Crippen molar-refractivity contribution < 1.29 is 14.3 Å². The molecule has 116 valence electrons. The summed E-state index contributed by atoms with van der Waals surface area (Å²) in [6, 6.07) is 0. The molecular weight excluding hydrogens is 290 g/mol. The second-order valence-electron chi connectivity index (χ2n) is 4.97. The highest BCUT2D eigenvalue weighted by Gasteiger charge is 2.27. The van der Waals surface area contributed by atoms with E-state index in [1.807, 2.05) is 0 Å². The number of morpholine rings is 1. The predicted octanol–water partition coefficient (Wildman–Crippen LogP) is 1.59. The van der Waals surface area contributed by atoms with Gasteiger partial charge in [-0.3, -0.25) is 9.59 Å². The third-order valence-electron chi connectivity index (χ3n) is 3.29. The van der Waals surface area contributed by atoms with Crippen LogP contribution in [0.5, 0.6) is 0 Å². The smallest absolute Gasteiger partial charge is 0.261 e. The second-order valence-corrected chi connectivity index (χ2v) is 6.08. The van der Waals surface area contributed by atoms with Crippen LogP contribution in [0.3, 0.4) is 0 Å². The lowest BCUT2D eigenvalue weighted by molar-refractivity contribution is -0.114. The summed E-state index contributed by atoms with van der Waals surface area (Å²) in [7, 11) is 0. The van der Waals surface area contributed by atoms with Crippen molar-refractivity contribution in [1.29, 1.82) is 0 Å². The van der Waals surface area contributed by atoms with E-state index in [0.29, 0.717) is 31.2 Å². The van der Waals surface area contributed by atoms with Crippen molar-refractivity contribution in [3.8, 4) is 0 Å². The summed E-state index contributed by atoms with van der Waals surface area (Å²) in [4.78, 5) is 26.9. The number of hydrogen-bond acceptors (Lipinski definition) is 5. The Kier molecular flexibility index (Phi) is 5.19. The third kappa shape index (κ3) is 3.54. The summed E-state index contributed by atoms with van der Waals surface area (Å²) < 4.78 is 5.36. The lowest BCUT2D eigenvalue weighted by Gasteiger charge is -2.30. The molecule has 6 nitrogen and oxygen atoms in total. The van der Waals surface area contributed by atoms with Crippen molar-refractivity contribution in [3.05, 3.63) is 9.75 Å². The molecule has 1 fully saturated rings. The molecule has 1 aromatic rings. The number of hydrogen-bond donors (Lipinski definition) is 2. The zero-order valence-corrected chi connectivity index (χ0v) is 13.2. The maximum absolute atomic E-state index is 11.8. The molecule has 2 heterocycles. The molecule has 0 unspecified atom stereocenters. The molecule has 2 rings (SSSR count). The van der Waals surface area contributed by atoms with Gasteiger partial charge in [-0.25, -0.2) is 0 Å². The summed E-state index contributed by atoms with van der Waals surface area (Å²) in [5, 5.41) is 2.88. The van der Waals surface area contributed by atoms with Crippen LogP contribution in [-0.4, -0.2) is 38.1 Å². The fraction of sp³-hybridized carbons (Fsp3) is 0.571. The minimum Gasteiger partial charge on any atom is -0.378 e. The Bertz CT molecular complexity index is 536. The van der Waals surface area contributed by atoms with Gasteiger partial charge in [0.15, 0.2) is 0 Å². The fourth-order valence-corrected chi connectivity index (χ4v) is 3.66. The van der Waals surface area contributed by atoms with Gasteiger partial charge in [0, 0.05) is 24.9 Å². The number of carbonyl (C=O) groups is 2. The maximum atomic E-state index is 11.8. The molecule has 0 radical (unpaired) electrons. The molecule has 1 aromatic heterocycles. The van der Waals surface area contributed by atoms with E-state index in [0.717, 1.165) is 29.1 Å². The quantitative estimate of drug-likeness (QED) is 0.865. The Labute approximate surface area is 128 Å². The first-order valence-corrected chi connectivity index (χ1v) is 7.92. The number of nitrogens with two attached hydrogens (primary N) is 1. The zero-order chi connectivity index (χ0) is 15.4. The number of amides is 2. The number of anilines is 2. The van der Waals surface area contributed by atoms with Crippen LogP contribution in [0.15, 0.2) is 0 Å². The topological polar surface area (TPSA) is 84.7 Å². The van der Waals surface area contributed by atoms with E-state index in [4.69, 9.17) is 10.5 Å². The molecular formula is C14H21N3O3S. The molecule has 0 aromatic carbocycles. The Balaban J connectivity index is 2.49. The number of primary amides is 1. The molecule has 21 heavy (non-hydrogen) atoms. The number of nitrogens with one attached hydrogen (secondary N) is 1. The van der Waals surface area contributed by atoms with Crippen LogP contribution < -0.4 is 16.0 Å². The van der Waals surface area contributed by atoms with E-state index >= 15 is 0 Å². The van der Waals surface area contributed by atoms with E-state index in [1.165, 1.54) is 18.3 Å². The van der Waals surface area contributed by atoms with Gasteiger partial charge in [-0.05, 0) is 6.42 Å². The summed E-state index contributed by atoms with van der Waals surface area (Å²) in [5.41, 5.74) is 7.03. The molecule has 7 heteroatoms. The van der Waals surface area contributed by atoms with Crippen molar-refractivity contribution in [1.82, 2.24) is 0 Å². The van der Waals surface area contributed by atoms with Gasteiger partial charge in [0.1, 0.15) is 4.88 Å². The molecule has 0 saturated carbocycles. The second kappa shape index (κ2) is 6.91. The van der Waals surface area contributed by atoms with Crippen molar-refractivity contribution in [2.45, 2.75) is 26.7 Å². The van der Waals surface area contributed by atoms with E-state index in [1.54, 1.807) is 0 Å². The molecule has 0 bridgehead atoms. The molecule has 1 saturated heterocycles. The number of nitrogens with zero attached hydrogens (tertiary/aromatic N) is 1. The van der Waals surface area contributed by atoms with Crippen LogP contribution in [0.1, 0.15) is 34.8 Å². The van der Waals surface area contributed by atoms with Gasteiger partial charge >= 0.3 is 0 Å². The molecule has 1 aliphatic rings. The standard InChI is InChI=1S/C14H21N3O3S/c1-3-4-10-11(16-9(2)18)12(13(21-10)14(15)19)17-5-7-20-8-6-17/h3-8H2,1-2H3,(H2,15,19)(H,16,18). The van der Waals surface area contributed by atoms with E-state index in [9.17, 15) is 9.59 Å². The normalized spacial score (nSPS) is 15.0. The highest BCUT2D eigenvalue weighted by Crippen LogP contribution is 2.41. The van der Waals surface area contributed by atoms with Crippen LogP contribution in [0, 0.1) is 0 Å². The van der Waals surface area contributed by atoms with Crippen LogP contribution in [-0.2, 0) is 16.0 Å². The van der Waals surface area contributed by atoms with Crippen LogP contribution >= 0.6 is 11.3 Å². The Morgan fingerprint density at radius 2 is 2.05 bits per heavy atom. The Morgan fingerprint density at radius 3 is 2.57 bits per heavy atom. The van der Waals surface area contributed by atoms with E-state index in [2.05, 4.69) is 17.1 Å². The molecule has 0 spiro atoms. The average molecular weight is 311 g/mol. The summed E-state index contributed by atoms with van der Waals surface area (Å²) in [5.74, 6) is -0.592. The van der Waals surface area contributed by atoms with Crippen molar-refractivity contribution in [3.63, 3.8) is 0 Å². The van der Waals surface area contributed by atoms with Crippen molar-refractivity contribution in [2.75, 3.05) is 36.5 Å². The lowest BCUT2D eigenvalue weighted by atomic mass is 10.2. The van der Waals surface area contributed by atoms with Gasteiger partial charge in [-0.15, -0.1) is 11.3 Å². The van der Waals surface area contributed by atoms with Gasteiger partial charge in [0.25, 0.3) is 5.91 Å².